The maximum atomic E-state index is 15.0. The SMILES string of the molecule is CCc1ccc(-c2ccc(C3=CCC(CCc4ccc(C)c(F)c4F)CC3)c(F)c2F)c(F)c1F. The van der Waals surface area contributed by atoms with Crippen molar-refractivity contribution >= 4 is 5.57 Å². The largest absolute Gasteiger partial charge is 0.203 e. The molecule has 3 aromatic rings. The molecule has 1 aliphatic rings. The monoisotopic (exact) mass is 488 g/mol. The van der Waals surface area contributed by atoms with Gasteiger partial charge in [0.1, 0.15) is 0 Å². The van der Waals surface area contributed by atoms with Crippen LogP contribution in [0.25, 0.3) is 16.7 Å². The van der Waals surface area contributed by atoms with Gasteiger partial charge in [-0.3, -0.25) is 0 Å². The van der Waals surface area contributed by atoms with E-state index in [2.05, 4.69) is 0 Å². The van der Waals surface area contributed by atoms with E-state index in [1.807, 2.05) is 6.08 Å². The normalized spacial score (nSPS) is 15.9. The van der Waals surface area contributed by atoms with Gasteiger partial charge in [-0.25, -0.2) is 26.3 Å². The summed E-state index contributed by atoms with van der Waals surface area (Å²) in [7, 11) is 0. The van der Waals surface area contributed by atoms with E-state index in [4.69, 9.17) is 0 Å². The van der Waals surface area contributed by atoms with Crippen LogP contribution in [-0.2, 0) is 12.8 Å². The third-order valence-corrected chi connectivity index (χ3v) is 6.96. The predicted octanol–water partition coefficient (Wildman–Crippen LogP) is 8.88. The first kappa shape index (κ1) is 25.1. The van der Waals surface area contributed by atoms with E-state index in [1.54, 1.807) is 19.1 Å². The number of benzene rings is 3. The average Bonchev–Trinajstić information content (AvgIpc) is 2.86. The molecule has 0 fully saturated rings. The lowest BCUT2D eigenvalue weighted by atomic mass is 9.83. The molecule has 0 N–H and O–H groups in total. The molecule has 4 rings (SSSR count). The quantitative estimate of drug-likeness (QED) is 0.304. The molecule has 0 radical (unpaired) electrons. The lowest BCUT2D eigenvalue weighted by molar-refractivity contribution is 0.437. The number of allylic oxidation sites excluding steroid dienone is 2. The highest BCUT2D eigenvalue weighted by atomic mass is 19.2. The van der Waals surface area contributed by atoms with Crippen molar-refractivity contribution in [3.05, 3.63) is 99.6 Å². The first-order chi connectivity index (χ1) is 16.7. The van der Waals surface area contributed by atoms with Gasteiger partial charge in [0.05, 0.1) is 0 Å². The Labute approximate surface area is 201 Å². The van der Waals surface area contributed by atoms with E-state index in [9.17, 15) is 26.3 Å². The van der Waals surface area contributed by atoms with E-state index in [1.165, 1.54) is 31.2 Å². The minimum atomic E-state index is -1.22. The molecule has 0 aromatic heterocycles. The van der Waals surface area contributed by atoms with Crippen molar-refractivity contribution in [1.29, 1.82) is 0 Å². The van der Waals surface area contributed by atoms with Crippen molar-refractivity contribution < 1.29 is 26.3 Å². The van der Waals surface area contributed by atoms with Crippen LogP contribution in [0.4, 0.5) is 26.3 Å². The Morgan fingerprint density at radius 3 is 1.91 bits per heavy atom. The summed E-state index contributed by atoms with van der Waals surface area (Å²) in [6.07, 6.45) is 4.97. The molecule has 1 unspecified atom stereocenters. The summed E-state index contributed by atoms with van der Waals surface area (Å²) in [5.74, 6) is -5.98. The number of halogens is 6. The topological polar surface area (TPSA) is 0 Å². The Morgan fingerprint density at radius 1 is 0.686 bits per heavy atom. The summed E-state index contributed by atoms with van der Waals surface area (Å²) in [4.78, 5) is 0. The first-order valence-corrected chi connectivity index (χ1v) is 11.8. The van der Waals surface area contributed by atoms with Gasteiger partial charge in [0, 0.05) is 16.7 Å². The maximum absolute atomic E-state index is 15.0. The Hall–Kier alpha value is -3.02. The summed E-state index contributed by atoms with van der Waals surface area (Å²) in [5, 5.41) is 0. The molecule has 0 spiro atoms. The zero-order valence-electron chi connectivity index (χ0n) is 19.6. The van der Waals surface area contributed by atoms with Crippen molar-refractivity contribution in [2.45, 2.75) is 52.4 Å². The molecule has 1 atom stereocenters. The van der Waals surface area contributed by atoms with Crippen molar-refractivity contribution in [3.8, 4) is 11.1 Å². The molecule has 0 amide bonds. The van der Waals surface area contributed by atoms with Crippen molar-refractivity contribution in [2.24, 2.45) is 5.92 Å². The molecule has 184 valence electrons. The van der Waals surface area contributed by atoms with Crippen LogP contribution in [0.2, 0.25) is 0 Å². The maximum Gasteiger partial charge on any atom is 0.167 e. The highest BCUT2D eigenvalue weighted by Crippen LogP contribution is 2.37. The Bertz CT molecular complexity index is 1290. The molecule has 1 aliphatic carbocycles. The van der Waals surface area contributed by atoms with E-state index in [-0.39, 0.29) is 40.2 Å². The summed E-state index contributed by atoms with van der Waals surface area (Å²) < 4.78 is 86.5. The third kappa shape index (κ3) is 4.89. The van der Waals surface area contributed by atoms with Crippen LogP contribution in [0.15, 0.2) is 42.5 Å². The Kier molecular flexibility index (Phi) is 7.39. The van der Waals surface area contributed by atoms with E-state index >= 15 is 0 Å². The number of hydrogen-bond acceptors (Lipinski definition) is 0. The zero-order valence-corrected chi connectivity index (χ0v) is 19.6. The molecule has 3 aromatic carbocycles. The highest BCUT2D eigenvalue weighted by molar-refractivity contribution is 5.72. The first-order valence-electron chi connectivity index (χ1n) is 11.8. The van der Waals surface area contributed by atoms with Crippen LogP contribution < -0.4 is 0 Å². The third-order valence-electron chi connectivity index (χ3n) is 6.96. The van der Waals surface area contributed by atoms with Gasteiger partial charge in [0.15, 0.2) is 34.9 Å². The molecule has 35 heavy (non-hydrogen) atoms. The minimum absolute atomic E-state index is 0.0995. The molecule has 0 nitrogen and oxygen atoms in total. The molecule has 0 heterocycles. The fourth-order valence-electron chi connectivity index (χ4n) is 4.71. The van der Waals surface area contributed by atoms with Crippen LogP contribution >= 0.6 is 0 Å². The Morgan fingerprint density at radius 2 is 1.26 bits per heavy atom. The van der Waals surface area contributed by atoms with Gasteiger partial charge < -0.3 is 0 Å². The van der Waals surface area contributed by atoms with E-state index in [0.717, 1.165) is 0 Å². The van der Waals surface area contributed by atoms with Gasteiger partial charge in [-0.2, -0.15) is 0 Å². The van der Waals surface area contributed by atoms with Gasteiger partial charge in [0.25, 0.3) is 0 Å². The van der Waals surface area contributed by atoms with E-state index in [0.29, 0.717) is 43.2 Å². The van der Waals surface area contributed by atoms with Gasteiger partial charge in [-0.15, -0.1) is 0 Å². The molecular weight excluding hydrogens is 462 g/mol. The number of aryl methyl sites for hydroxylation is 3. The minimum Gasteiger partial charge on any atom is -0.203 e. The summed E-state index contributed by atoms with van der Waals surface area (Å²) >= 11 is 0. The Balaban J connectivity index is 1.49. The van der Waals surface area contributed by atoms with Crippen molar-refractivity contribution in [1.82, 2.24) is 0 Å². The zero-order chi connectivity index (χ0) is 25.3. The summed E-state index contributed by atoms with van der Waals surface area (Å²) in [6, 6.07) is 8.48. The molecule has 6 heteroatoms. The van der Waals surface area contributed by atoms with Crippen LogP contribution in [0, 0.1) is 47.7 Å². The predicted molar refractivity (Wildman–Crippen MR) is 126 cm³/mol. The molecular formula is C29H26F6. The second-order valence-corrected chi connectivity index (χ2v) is 9.12. The standard InChI is InChI=1S/C29H26F6/c1-3-18-12-13-22(28(34)25(18)31)23-15-14-21(27(33)29(23)35)19-9-5-17(6-10-19)7-11-20-8-4-16(2)24(30)26(20)32/h4,8-9,12-15,17H,3,5-7,10-11H2,1-2H3. The van der Waals surface area contributed by atoms with Gasteiger partial charge >= 0.3 is 0 Å². The fourth-order valence-corrected chi connectivity index (χ4v) is 4.71. The van der Waals surface area contributed by atoms with Crippen LogP contribution in [0.5, 0.6) is 0 Å². The number of hydrogen-bond donors (Lipinski definition) is 0. The van der Waals surface area contributed by atoms with Crippen LogP contribution in [0.1, 0.15) is 54.9 Å². The molecule has 0 saturated carbocycles. The summed E-state index contributed by atoms with van der Waals surface area (Å²) in [6.45, 7) is 3.19. The van der Waals surface area contributed by atoms with Gasteiger partial charge in [-0.05, 0) is 73.6 Å². The van der Waals surface area contributed by atoms with E-state index < -0.39 is 34.9 Å². The van der Waals surface area contributed by atoms with Crippen molar-refractivity contribution in [3.63, 3.8) is 0 Å². The van der Waals surface area contributed by atoms with Crippen molar-refractivity contribution in [2.75, 3.05) is 0 Å². The van der Waals surface area contributed by atoms with Gasteiger partial charge in [-0.1, -0.05) is 49.4 Å². The summed E-state index contributed by atoms with van der Waals surface area (Å²) in [5.41, 5.74) is 0.866. The lowest BCUT2D eigenvalue weighted by Gasteiger charge is -2.23. The highest BCUT2D eigenvalue weighted by Gasteiger charge is 2.24. The second kappa shape index (κ2) is 10.3. The molecule has 0 bridgehead atoms. The number of rotatable bonds is 6. The molecule has 0 saturated heterocycles. The van der Waals surface area contributed by atoms with Crippen LogP contribution in [-0.4, -0.2) is 0 Å². The smallest absolute Gasteiger partial charge is 0.167 e. The molecule has 0 aliphatic heterocycles. The van der Waals surface area contributed by atoms with Gasteiger partial charge in [0.2, 0.25) is 0 Å². The average molecular weight is 489 g/mol. The lowest BCUT2D eigenvalue weighted by Crippen LogP contribution is -2.09. The fraction of sp³-hybridized carbons (Fsp3) is 0.310. The second-order valence-electron chi connectivity index (χ2n) is 9.12. The van der Waals surface area contributed by atoms with Crippen LogP contribution in [0.3, 0.4) is 0 Å².